The van der Waals surface area contributed by atoms with Gasteiger partial charge in [0.25, 0.3) is 0 Å². The van der Waals surface area contributed by atoms with E-state index < -0.39 is 0 Å². The van der Waals surface area contributed by atoms with Crippen molar-refractivity contribution in [2.75, 3.05) is 19.6 Å². The van der Waals surface area contributed by atoms with Crippen molar-refractivity contribution in [2.45, 2.75) is 32.4 Å². The van der Waals surface area contributed by atoms with Crippen molar-refractivity contribution in [3.63, 3.8) is 0 Å². The van der Waals surface area contributed by atoms with Crippen molar-refractivity contribution < 1.29 is 4.39 Å². The molecular weight excluding hydrogens is 286 g/mol. The van der Waals surface area contributed by atoms with Crippen LogP contribution in [-0.4, -0.2) is 30.6 Å². The Balaban J connectivity index is 0.00000162. The van der Waals surface area contributed by atoms with Crippen LogP contribution in [0.3, 0.4) is 0 Å². The number of likely N-dealkylation sites (N-methyl/N-ethyl adjacent to an activating group) is 1. The average molecular weight is 309 g/mol. The predicted octanol–water partition coefficient (Wildman–Crippen LogP) is 3.24. The summed E-state index contributed by atoms with van der Waals surface area (Å²) in [6.45, 7) is 6.46. The zero-order valence-electron chi connectivity index (χ0n) is 11.3. The van der Waals surface area contributed by atoms with E-state index in [1.54, 1.807) is 0 Å². The smallest absolute Gasteiger partial charge is 0.123 e. The molecule has 2 rings (SSSR count). The van der Waals surface area contributed by atoms with Gasteiger partial charge >= 0.3 is 0 Å². The summed E-state index contributed by atoms with van der Waals surface area (Å²) < 4.78 is 12.7. The molecule has 1 aromatic rings. The molecule has 1 heterocycles. The van der Waals surface area contributed by atoms with E-state index in [9.17, 15) is 4.39 Å². The van der Waals surface area contributed by atoms with Gasteiger partial charge in [0.05, 0.1) is 0 Å². The van der Waals surface area contributed by atoms with Crippen LogP contribution in [0.25, 0.3) is 0 Å². The van der Waals surface area contributed by atoms with Crippen LogP contribution in [0, 0.1) is 5.82 Å². The topological polar surface area (TPSA) is 15.3 Å². The van der Waals surface area contributed by atoms with Crippen LogP contribution in [0.1, 0.15) is 25.3 Å². The quantitative estimate of drug-likeness (QED) is 0.898. The van der Waals surface area contributed by atoms with Crippen LogP contribution in [0.15, 0.2) is 24.3 Å². The van der Waals surface area contributed by atoms with E-state index in [2.05, 4.69) is 17.1 Å². The van der Waals surface area contributed by atoms with Crippen LogP contribution >= 0.6 is 24.8 Å². The van der Waals surface area contributed by atoms with Crippen LogP contribution in [0.2, 0.25) is 0 Å². The monoisotopic (exact) mass is 308 g/mol. The van der Waals surface area contributed by atoms with E-state index in [4.69, 9.17) is 0 Å². The Morgan fingerprint density at radius 2 is 1.95 bits per heavy atom. The molecule has 0 amide bonds. The molecular formula is C14H23Cl2FN2. The first kappa shape index (κ1) is 18.7. The fourth-order valence-electron chi connectivity index (χ4n) is 2.53. The van der Waals surface area contributed by atoms with E-state index in [1.165, 1.54) is 31.5 Å². The van der Waals surface area contributed by atoms with E-state index in [1.807, 2.05) is 12.1 Å². The van der Waals surface area contributed by atoms with E-state index in [-0.39, 0.29) is 30.6 Å². The first-order valence-corrected chi connectivity index (χ1v) is 6.49. The lowest BCUT2D eigenvalue weighted by Crippen LogP contribution is -2.37. The molecule has 0 spiro atoms. The van der Waals surface area contributed by atoms with Gasteiger partial charge in [-0.2, -0.15) is 0 Å². The second-order valence-corrected chi connectivity index (χ2v) is 4.68. The van der Waals surface area contributed by atoms with Crippen molar-refractivity contribution in [1.29, 1.82) is 0 Å². The van der Waals surface area contributed by atoms with Gasteiger partial charge in [0.15, 0.2) is 0 Å². The summed E-state index contributed by atoms with van der Waals surface area (Å²) in [5.41, 5.74) is 1.15. The molecule has 0 radical (unpaired) electrons. The summed E-state index contributed by atoms with van der Waals surface area (Å²) >= 11 is 0. The fraction of sp³-hybridized carbons (Fsp3) is 0.571. The van der Waals surface area contributed by atoms with Crippen molar-refractivity contribution in [3.8, 4) is 0 Å². The Kier molecular flexibility index (Phi) is 9.36. The van der Waals surface area contributed by atoms with Gasteiger partial charge in [-0.3, -0.25) is 4.90 Å². The van der Waals surface area contributed by atoms with Gasteiger partial charge in [0.2, 0.25) is 0 Å². The van der Waals surface area contributed by atoms with Gasteiger partial charge in [0.1, 0.15) is 5.82 Å². The number of benzene rings is 1. The van der Waals surface area contributed by atoms with E-state index in [0.29, 0.717) is 6.04 Å². The first-order valence-electron chi connectivity index (χ1n) is 6.49. The number of nitrogens with one attached hydrogen (secondary N) is 1. The molecule has 1 N–H and O–H groups in total. The molecule has 110 valence electrons. The summed E-state index contributed by atoms with van der Waals surface area (Å²) in [5.74, 6) is -0.165. The minimum absolute atomic E-state index is 0. The molecule has 0 saturated carbocycles. The Bertz CT molecular complexity index is 346. The normalized spacial score (nSPS) is 18.7. The highest BCUT2D eigenvalue weighted by molar-refractivity contribution is 5.85. The molecule has 2 nitrogen and oxygen atoms in total. The summed E-state index contributed by atoms with van der Waals surface area (Å²) in [6.07, 6.45) is 2.61. The maximum Gasteiger partial charge on any atom is 0.123 e. The summed E-state index contributed by atoms with van der Waals surface area (Å²) in [5, 5.41) is 3.46. The standard InChI is InChI=1S/C14H21FN2.2ClH/c1-2-17-9-3-4-14(17)11-16-10-12-5-7-13(15)8-6-12;;/h5-8,14,16H,2-4,9-11H2,1H3;2*1H. The number of hydrogen-bond acceptors (Lipinski definition) is 2. The van der Waals surface area contributed by atoms with Gasteiger partial charge in [-0.05, 0) is 43.6 Å². The largest absolute Gasteiger partial charge is 0.311 e. The molecule has 1 saturated heterocycles. The van der Waals surface area contributed by atoms with Crippen LogP contribution in [-0.2, 0) is 6.54 Å². The minimum Gasteiger partial charge on any atom is -0.311 e. The van der Waals surface area contributed by atoms with Gasteiger partial charge in [0, 0.05) is 19.1 Å². The van der Waals surface area contributed by atoms with Crippen LogP contribution < -0.4 is 5.32 Å². The zero-order valence-corrected chi connectivity index (χ0v) is 12.9. The third-order valence-electron chi connectivity index (χ3n) is 3.53. The summed E-state index contributed by atoms with van der Waals surface area (Å²) in [6, 6.07) is 7.40. The van der Waals surface area contributed by atoms with Crippen molar-refractivity contribution >= 4 is 24.8 Å². The molecule has 0 aromatic heterocycles. The third-order valence-corrected chi connectivity index (χ3v) is 3.53. The second-order valence-electron chi connectivity index (χ2n) is 4.68. The highest BCUT2D eigenvalue weighted by Crippen LogP contribution is 2.15. The molecule has 1 aliphatic rings. The first-order chi connectivity index (χ1) is 8.29. The van der Waals surface area contributed by atoms with Gasteiger partial charge in [-0.25, -0.2) is 4.39 Å². The lowest BCUT2D eigenvalue weighted by atomic mass is 10.2. The number of likely N-dealkylation sites (tertiary alicyclic amines) is 1. The SMILES string of the molecule is CCN1CCCC1CNCc1ccc(F)cc1.Cl.Cl. The van der Waals surface area contributed by atoms with Crippen LogP contribution in [0.5, 0.6) is 0 Å². The number of nitrogens with zero attached hydrogens (tertiary/aromatic N) is 1. The van der Waals surface area contributed by atoms with Gasteiger partial charge in [-0.15, -0.1) is 24.8 Å². The van der Waals surface area contributed by atoms with Gasteiger partial charge < -0.3 is 5.32 Å². The molecule has 1 unspecified atom stereocenters. The van der Waals surface area contributed by atoms with Crippen LogP contribution in [0.4, 0.5) is 4.39 Å². The highest BCUT2D eigenvalue weighted by atomic mass is 35.5. The van der Waals surface area contributed by atoms with E-state index in [0.717, 1.165) is 25.2 Å². The molecule has 1 atom stereocenters. The maximum absolute atomic E-state index is 12.7. The highest BCUT2D eigenvalue weighted by Gasteiger charge is 2.21. The molecule has 1 fully saturated rings. The predicted molar refractivity (Wildman–Crippen MR) is 82.9 cm³/mol. The number of hydrogen-bond donors (Lipinski definition) is 1. The lowest BCUT2D eigenvalue weighted by molar-refractivity contribution is 0.260. The molecule has 19 heavy (non-hydrogen) atoms. The molecule has 0 bridgehead atoms. The van der Waals surface area contributed by atoms with E-state index >= 15 is 0 Å². The Labute approximate surface area is 127 Å². The maximum atomic E-state index is 12.7. The Hall–Kier alpha value is -0.350. The second kappa shape index (κ2) is 9.54. The molecule has 0 aliphatic carbocycles. The molecule has 1 aliphatic heterocycles. The van der Waals surface area contributed by atoms with Crippen molar-refractivity contribution in [2.24, 2.45) is 0 Å². The lowest BCUT2D eigenvalue weighted by Gasteiger charge is -2.22. The summed E-state index contributed by atoms with van der Waals surface area (Å²) in [4.78, 5) is 2.53. The van der Waals surface area contributed by atoms with Gasteiger partial charge in [-0.1, -0.05) is 19.1 Å². The zero-order chi connectivity index (χ0) is 12.1. The molecule has 5 heteroatoms. The number of rotatable bonds is 5. The minimum atomic E-state index is -0.165. The summed E-state index contributed by atoms with van der Waals surface area (Å²) in [7, 11) is 0. The van der Waals surface area contributed by atoms with Crippen molar-refractivity contribution in [3.05, 3.63) is 35.6 Å². The van der Waals surface area contributed by atoms with Crippen molar-refractivity contribution in [1.82, 2.24) is 10.2 Å². The third kappa shape index (κ3) is 5.65. The fourth-order valence-corrected chi connectivity index (χ4v) is 2.53. The molecule has 1 aromatic carbocycles. The average Bonchev–Trinajstić information content (AvgIpc) is 2.79. The Morgan fingerprint density at radius 3 is 2.58 bits per heavy atom. The Morgan fingerprint density at radius 1 is 1.26 bits per heavy atom. The number of halogens is 3.